The average Bonchev–Trinajstić information content (AvgIpc) is 2.34. The monoisotopic (exact) mass is 319 g/mol. The largest absolute Gasteiger partial charge is 0.460 e. The standard InChI is InChI=1S/C16H30ClNO3/c1-5-6-7-9-13(18-14(19)10-8-11-17)12-15(20)21-16(2,3)4/h13H,5-12H2,1-4H3,(H,18,19)/t13-/m1/s1. The second-order valence-electron chi connectivity index (χ2n) is 6.34. The molecule has 0 rings (SSSR count). The Kier molecular flexibility index (Phi) is 10.5. The number of rotatable bonds is 10. The molecular weight excluding hydrogens is 290 g/mol. The minimum absolute atomic E-state index is 0.0410. The van der Waals surface area contributed by atoms with E-state index in [0.29, 0.717) is 18.7 Å². The maximum Gasteiger partial charge on any atom is 0.308 e. The van der Waals surface area contributed by atoms with Gasteiger partial charge in [0.2, 0.25) is 5.91 Å². The first-order chi connectivity index (χ1) is 9.78. The Labute approximate surface area is 134 Å². The van der Waals surface area contributed by atoms with Crippen LogP contribution in [0.25, 0.3) is 0 Å². The second-order valence-corrected chi connectivity index (χ2v) is 6.72. The minimum Gasteiger partial charge on any atom is -0.460 e. The van der Waals surface area contributed by atoms with E-state index in [2.05, 4.69) is 12.2 Å². The summed E-state index contributed by atoms with van der Waals surface area (Å²) in [6.07, 6.45) is 5.30. The number of alkyl halides is 1. The molecule has 0 radical (unpaired) electrons. The average molecular weight is 320 g/mol. The molecule has 0 bridgehead atoms. The Morgan fingerprint density at radius 3 is 2.38 bits per heavy atom. The fraction of sp³-hybridized carbons (Fsp3) is 0.875. The van der Waals surface area contributed by atoms with Crippen molar-refractivity contribution in [2.75, 3.05) is 5.88 Å². The lowest BCUT2D eigenvalue weighted by molar-refractivity contribution is -0.155. The van der Waals surface area contributed by atoms with Gasteiger partial charge in [0.25, 0.3) is 0 Å². The first-order valence-corrected chi connectivity index (χ1v) is 8.39. The van der Waals surface area contributed by atoms with Crippen LogP contribution in [-0.4, -0.2) is 29.4 Å². The Bertz CT molecular complexity index is 313. The molecule has 0 aromatic carbocycles. The van der Waals surface area contributed by atoms with Crippen LogP contribution in [0.15, 0.2) is 0 Å². The summed E-state index contributed by atoms with van der Waals surface area (Å²) in [5.41, 5.74) is -0.492. The molecule has 1 atom stereocenters. The van der Waals surface area contributed by atoms with Crippen LogP contribution in [0.2, 0.25) is 0 Å². The molecule has 0 unspecified atom stereocenters. The zero-order chi connectivity index (χ0) is 16.3. The highest BCUT2D eigenvalue weighted by molar-refractivity contribution is 6.17. The van der Waals surface area contributed by atoms with Gasteiger partial charge in [0.05, 0.1) is 6.42 Å². The van der Waals surface area contributed by atoms with Crippen LogP contribution < -0.4 is 5.32 Å². The van der Waals surface area contributed by atoms with Crippen LogP contribution in [0, 0.1) is 0 Å². The number of unbranched alkanes of at least 4 members (excludes halogenated alkanes) is 2. The lowest BCUT2D eigenvalue weighted by Gasteiger charge is -2.23. The quantitative estimate of drug-likeness (QED) is 0.378. The van der Waals surface area contributed by atoms with Crippen LogP contribution in [0.5, 0.6) is 0 Å². The lowest BCUT2D eigenvalue weighted by atomic mass is 10.0. The maximum atomic E-state index is 11.9. The lowest BCUT2D eigenvalue weighted by Crippen LogP contribution is -2.38. The topological polar surface area (TPSA) is 55.4 Å². The van der Waals surface area contributed by atoms with E-state index in [-0.39, 0.29) is 24.3 Å². The van der Waals surface area contributed by atoms with Gasteiger partial charge in [0, 0.05) is 18.3 Å². The van der Waals surface area contributed by atoms with Gasteiger partial charge in [-0.05, 0) is 33.6 Å². The van der Waals surface area contributed by atoms with Crippen LogP contribution in [0.4, 0.5) is 0 Å². The normalized spacial score (nSPS) is 12.8. The molecule has 0 aromatic heterocycles. The van der Waals surface area contributed by atoms with Gasteiger partial charge in [-0.1, -0.05) is 26.2 Å². The van der Waals surface area contributed by atoms with E-state index in [1.807, 2.05) is 20.8 Å². The Morgan fingerprint density at radius 1 is 1.19 bits per heavy atom. The van der Waals surface area contributed by atoms with Crippen molar-refractivity contribution in [1.82, 2.24) is 5.32 Å². The highest BCUT2D eigenvalue weighted by atomic mass is 35.5. The number of esters is 1. The van der Waals surface area contributed by atoms with Gasteiger partial charge in [-0.25, -0.2) is 0 Å². The van der Waals surface area contributed by atoms with Crippen LogP contribution in [0.3, 0.4) is 0 Å². The highest BCUT2D eigenvalue weighted by Gasteiger charge is 2.21. The number of ether oxygens (including phenoxy) is 1. The van der Waals surface area contributed by atoms with E-state index in [0.717, 1.165) is 25.7 Å². The third kappa shape index (κ3) is 12.7. The molecule has 124 valence electrons. The highest BCUT2D eigenvalue weighted by Crippen LogP contribution is 2.13. The number of halogens is 1. The van der Waals surface area contributed by atoms with E-state index >= 15 is 0 Å². The van der Waals surface area contributed by atoms with Crippen molar-refractivity contribution >= 4 is 23.5 Å². The molecule has 0 aromatic rings. The van der Waals surface area contributed by atoms with Crippen LogP contribution in [0.1, 0.15) is 72.6 Å². The van der Waals surface area contributed by atoms with Gasteiger partial charge in [0.15, 0.2) is 0 Å². The predicted octanol–water partition coefficient (Wildman–Crippen LogP) is 3.80. The molecule has 0 saturated carbocycles. The molecule has 0 saturated heterocycles. The summed E-state index contributed by atoms with van der Waals surface area (Å²) < 4.78 is 5.33. The molecule has 0 aliphatic carbocycles. The first-order valence-electron chi connectivity index (χ1n) is 7.85. The van der Waals surface area contributed by atoms with E-state index in [1.54, 1.807) is 0 Å². The van der Waals surface area contributed by atoms with Crippen molar-refractivity contribution in [1.29, 1.82) is 0 Å². The third-order valence-electron chi connectivity index (χ3n) is 2.89. The minimum atomic E-state index is -0.492. The zero-order valence-electron chi connectivity index (χ0n) is 13.8. The van der Waals surface area contributed by atoms with E-state index in [9.17, 15) is 9.59 Å². The SMILES string of the molecule is CCCCC[C@H](CC(=O)OC(C)(C)C)NC(=O)CCCCl. The number of carbonyl (C=O) groups is 2. The van der Waals surface area contributed by atoms with Crippen LogP contribution in [-0.2, 0) is 14.3 Å². The van der Waals surface area contributed by atoms with Crippen molar-refractivity contribution < 1.29 is 14.3 Å². The maximum absolute atomic E-state index is 11.9. The molecular formula is C16H30ClNO3. The molecule has 0 fully saturated rings. The summed E-state index contributed by atoms with van der Waals surface area (Å²) in [6, 6.07) is -0.144. The molecule has 4 nitrogen and oxygen atoms in total. The molecule has 1 amide bonds. The van der Waals surface area contributed by atoms with E-state index < -0.39 is 5.60 Å². The smallest absolute Gasteiger partial charge is 0.308 e. The molecule has 1 N–H and O–H groups in total. The summed E-state index contributed by atoms with van der Waals surface area (Å²) in [5, 5.41) is 2.93. The number of hydrogen-bond donors (Lipinski definition) is 1. The van der Waals surface area contributed by atoms with Gasteiger partial charge in [-0.15, -0.1) is 11.6 Å². The predicted molar refractivity (Wildman–Crippen MR) is 86.5 cm³/mol. The Morgan fingerprint density at radius 2 is 1.86 bits per heavy atom. The van der Waals surface area contributed by atoms with Crippen molar-refractivity contribution in [2.45, 2.75) is 84.3 Å². The number of amides is 1. The second kappa shape index (κ2) is 10.9. The fourth-order valence-corrected chi connectivity index (χ4v) is 2.11. The van der Waals surface area contributed by atoms with Crippen molar-refractivity contribution in [3.63, 3.8) is 0 Å². The van der Waals surface area contributed by atoms with Crippen molar-refractivity contribution in [3.05, 3.63) is 0 Å². The summed E-state index contributed by atoms with van der Waals surface area (Å²) in [4.78, 5) is 23.7. The molecule has 0 aliphatic rings. The Hall–Kier alpha value is -0.770. The van der Waals surface area contributed by atoms with Gasteiger partial charge in [0.1, 0.15) is 5.60 Å². The summed E-state index contributed by atoms with van der Waals surface area (Å²) >= 11 is 5.59. The van der Waals surface area contributed by atoms with Gasteiger partial charge in [-0.3, -0.25) is 9.59 Å². The number of nitrogens with one attached hydrogen (secondary N) is 1. The summed E-state index contributed by atoms with van der Waals surface area (Å²) in [5.74, 6) is 0.169. The molecule has 0 heterocycles. The van der Waals surface area contributed by atoms with Gasteiger partial charge in [-0.2, -0.15) is 0 Å². The summed E-state index contributed by atoms with van der Waals surface area (Å²) in [7, 11) is 0. The van der Waals surface area contributed by atoms with E-state index in [4.69, 9.17) is 16.3 Å². The van der Waals surface area contributed by atoms with Crippen molar-refractivity contribution in [2.24, 2.45) is 0 Å². The molecule has 21 heavy (non-hydrogen) atoms. The van der Waals surface area contributed by atoms with E-state index in [1.165, 1.54) is 0 Å². The Balaban J connectivity index is 4.36. The fourth-order valence-electron chi connectivity index (χ4n) is 1.98. The van der Waals surface area contributed by atoms with Crippen molar-refractivity contribution in [3.8, 4) is 0 Å². The molecule has 5 heteroatoms. The van der Waals surface area contributed by atoms with Gasteiger partial charge < -0.3 is 10.1 Å². The first kappa shape index (κ1) is 20.2. The molecule has 0 aliphatic heterocycles. The number of hydrogen-bond acceptors (Lipinski definition) is 3. The summed E-state index contributed by atoms with van der Waals surface area (Å²) in [6.45, 7) is 7.66. The molecule has 0 spiro atoms. The van der Waals surface area contributed by atoms with Gasteiger partial charge >= 0.3 is 5.97 Å². The zero-order valence-corrected chi connectivity index (χ0v) is 14.6. The third-order valence-corrected chi connectivity index (χ3v) is 3.16. The van der Waals surface area contributed by atoms with Crippen LogP contribution >= 0.6 is 11.6 Å². The number of carbonyl (C=O) groups excluding carboxylic acids is 2.